The number of ether oxygens (including phenoxy) is 2. The number of fused-ring (bicyclic) bond motifs is 2. The van der Waals surface area contributed by atoms with Crippen molar-refractivity contribution in [3.8, 4) is 16.9 Å². The van der Waals surface area contributed by atoms with E-state index in [1.807, 2.05) is 32.2 Å². The van der Waals surface area contributed by atoms with Gasteiger partial charge in [-0.3, -0.25) is 0 Å². The molecule has 0 radical (unpaired) electrons. The topological polar surface area (TPSA) is 85.9 Å². The number of allylic oxidation sites excluding steroid dienone is 4. The molecule has 2 aromatic heterocycles. The van der Waals surface area contributed by atoms with Gasteiger partial charge in [-0.1, -0.05) is 30.4 Å². The number of benzene rings is 1. The van der Waals surface area contributed by atoms with Gasteiger partial charge in [-0.15, -0.1) is 0 Å². The smallest absolute Gasteiger partial charge is 0.182 e. The summed E-state index contributed by atoms with van der Waals surface area (Å²) >= 11 is 1.40. The average molecular weight is 502 g/mol. The summed E-state index contributed by atoms with van der Waals surface area (Å²) in [6.45, 7) is 8.31. The molecule has 1 unspecified atom stereocenters. The van der Waals surface area contributed by atoms with Crippen molar-refractivity contribution >= 4 is 32.5 Å². The van der Waals surface area contributed by atoms with E-state index in [4.69, 9.17) is 20.2 Å². The van der Waals surface area contributed by atoms with Crippen LogP contribution in [-0.2, 0) is 11.3 Å². The highest BCUT2D eigenvalue weighted by Crippen LogP contribution is 2.35. The molecular formula is C28H31N5O2S. The fourth-order valence-electron chi connectivity index (χ4n) is 4.64. The number of nitrogen functional groups attached to an aromatic ring is 1. The van der Waals surface area contributed by atoms with Crippen LogP contribution in [0.5, 0.6) is 5.75 Å². The normalized spacial score (nSPS) is 18.7. The predicted octanol–water partition coefficient (Wildman–Crippen LogP) is 5.95. The Bertz CT molecular complexity index is 1410. The van der Waals surface area contributed by atoms with E-state index in [2.05, 4.69) is 52.1 Å². The Hall–Kier alpha value is -3.65. The van der Waals surface area contributed by atoms with E-state index in [0.29, 0.717) is 18.3 Å². The summed E-state index contributed by atoms with van der Waals surface area (Å²) < 4.78 is 11.7. The van der Waals surface area contributed by atoms with E-state index >= 15 is 0 Å². The van der Waals surface area contributed by atoms with Crippen molar-refractivity contribution in [1.82, 2.24) is 14.9 Å². The van der Waals surface area contributed by atoms with Crippen molar-refractivity contribution in [2.45, 2.75) is 33.7 Å². The highest BCUT2D eigenvalue weighted by molar-refractivity contribution is 7.21. The number of nitrogens with two attached hydrogens (primary N) is 1. The van der Waals surface area contributed by atoms with Gasteiger partial charge in [0.2, 0.25) is 0 Å². The number of hydrogen-bond acceptors (Lipinski definition) is 8. The number of thiazole rings is 1. The number of methoxy groups -OCH3 is 1. The van der Waals surface area contributed by atoms with Crippen molar-refractivity contribution in [1.29, 1.82) is 0 Å². The van der Waals surface area contributed by atoms with E-state index in [9.17, 15) is 0 Å². The van der Waals surface area contributed by atoms with Crippen LogP contribution in [0.4, 0.5) is 5.13 Å². The molecule has 2 N–H and O–H groups in total. The molecule has 0 fully saturated rings. The van der Waals surface area contributed by atoms with Gasteiger partial charge in [-0.2, -0.15) is 0 Å². The van der Waals surface area contributed by atoms with Gasteiger partial charge in [0.05, 0.1) is 13.7 Å². The first-order valence-corrected chi connectivity index (χ1v) is 13.0. The van der Waals surface area contributed by atoms with E-state index in [1.165, 1.54) is 16.9 Å². The van der Waals surface area contributed by atoms with Crippen molar-refractivity contribution < 1.29 is 9.47 Å². The first kappa shape index (κ1) is 24.1. The van der Waals surface area contributed by atoms with Crippen LogP contribution in [0.3, 0.4) is 0 Å². The Morgan fingerprint density at radius 3 is 2.89 bits per heavy atom. The molecule has 2 aliphatic rings. The summed E-state index contributed by atoms with van der Waals surface area (Å²) in [5.74, 6) is 3.03. The SMILES string of the molecule is CCC1C=C(OC)C=C/C1=C(/N=C(C)C)N1CCOc2ccc(-c3cnc4sc(N)nc4c3)cc2C1. The Labute approximate surface area is 215 Å². The second-order valence-corrected chi connectivity index (χ2v) is 10.2. The molecule has 0 amide bonds. The van der Waals surface area contributed by atoms with Crippen LogP contribution >= 0.6 is 11.3 Å². The number of pyridine rings is 1. The summed E-state index contributed by atoms with van der Waals surface area (Å²) in [6, 6.07) is 8.36. The van der Waals surface area contributed by atoms with Crippen LogP contribution in [-0.4, -0.2) is 40.8 Å². The van der Waals surface area contributed by atoms with Crippen molar-refractivity contribution in [3.05, 3.63) is 71.4 Å². The van der Waals surface area contributed by atoms with Gasteiger partial charge >= 0.3 is 0 Å². The number of anilines is 1. The molecule has 0 saturated heterocycles. The summed E-state index contributed by atoms with van der Waals surface area (Å²) in [5, 5.41) is 0.530. The lowest BCUT2D eigenvalue weighted by Gasteiger charge is -2.28. The van der Waals surface area contributed by atoms with Crippen LogP contribution < -0.4 is 10.5 Å². The van der Waals surface area contributed by atoms with Gasteiger partial charge in [-0.25, -0.2) is 15.0 Å². The largest absolute Gasteiger partial charge is 0.497 e. The lowest BCUT2D eigenvalue weighted by atomic mass is 9.91. The highest BCUT2D eigenvalue weighted by atomic mass is 32.1. The van der Waals surface area contributed by atoms with Gasteiger partial charge < -0.3 is 20.1 Å². The minimum absolute atomic E-state index is 0.237. The average Bonchev–Trinajstić information content (AvgIpc) is 3.12. The maximum atomic E-state index is 6.17. The maximum absolute atomic E-state index is 6.17. The van der Waals surface area contributed by atoms with Crippen LogP contribution in [0.1, 0.15) is 32.8 Å². The van der Waals surface area contributed by atoms with E-state index in [-0.39, 0.29) is 5.92 Å². The predicted molar refractivity (Wildman–Crippen MR) is 147 cm³/mol. The molecule has 0 bridgehead atoms. The molecule has 36 heavy (non-hydrogen) atoms. The summed E-state index contributed by atoms with van der Waals surface area (Å²) in [7, 11) is 1.71. The molecule has 3 heterocycles. The fraction of sp³-hybridized carbons (Fsp3) is 0.321. The fourth-order valence-corrected chi connectivity index (χ4v) is 5.29. The molecular weight excluding hydrogens is 470 g/mol. The van der Waals surface area contributed by atoms with Gasteiger partial charge in [-0.05, 0) is 56.2 Å². The Morgan fingerprint density at radius 2 is 2.11 bits per heavy atom. The van der Waals surface area contributed by atoms with Crippen LogP contribution in [0.2, 0.25) is 0 Å². The second-order valence-electron chi connectivity index (χ2n) is 9.15. The standard InChI is InChI=1S/C28H31N5O2S/c1-5-18-13-22(34-4)7-8-23(18)26(31-17(2)3)33-10-11-35-25-9-6-19(12-21(25)16-33)20-14-24-27(30-15-20)36-28(29)32-24/h6-9,12-15,18H,5,10-11,16H2,1-4H3,(H2,29,32)/b26-23+. The van der Waals surface area contributed by atoms with Gasteiger partial charge in [0.15, 0.2) is 5.13 Å². The molecule has 1 aliphatic carbocycles. The highest BCUT2D eigenvalue weighted by Gasteiger charge is 2.24. The Kier molecular flexibility index (Phi) is 6.78. The van der Waals surface area contributed by atoms with Crippen LogP contribution in [0.15, 0.2) is 70.8 Å². The Balaban J connectivity index is 1.53. The van der Waals surface area contributed by atoms with Crippen molar-refractivity contribution in [2.24, 2.45) is 10.9 Å². The third kappa shape index (κ3) is 4.86. The Morgan fingerprint density at radius 1 is 1.25 bits per heavy atom. The molecule has 0 spiro atoms. The minimum atomic E-state index is 0.237. The van der Waals surface area contributed by atoms with E-state index in [1.54, 1.807) is 7.11 Å². The molecule has 5 rings (SSSR count). The third-order valence-corrected chi connectivity index (χ3v) is 7.20. The zero-order chi connectivity index (χ0) is 25.2. The zero-order valence-corrected chi connectivity index (χ0v) is 21.9. The summed E-state index contributed by atoms with van der Waals surface area (Å²) in [6.07, 6.45) is 9.21. The monoisotopic (exact) mass is 501 g/mol. The third-order valence-electron chi connectivity index (χ3n) is 6.39. The number of aliphatic imine (C=N–C) groups is 1. The van der Waals surface area contributed by atoms with Crippen LogP contribution in [0.25, 0.3) is 21.5 Å². The molecule has 7 nitrogen and oxygen atoms in total. The van der Waals surface area contributed by atoms with Crippen molar-refractivity contribution in [2.75, 3.05) is 26.0 Å². The first-order chi connectivity index (χ1) is 17.4. The molecule has 1 aliphatic heterocycles. The summed E-state index contributed by atoms with van der Waals surface area (Å²) in [4.78, 5) is 17.2. The first-order valence-electron chi connectivity index (χ1n) is 12.2. The molecule has 1 aromatic carbocycles. The lowest BCUT2D eigenvalue weighted by molar-refractivity contribution is 0.260. The molecule has 8 heteroatoms. The molecule has 3 aromatic rings. The number of aromatic nitrogens is 2. The zero-order valence-electron chi connectivity index (χ0n) is 21.1. The maximum Gasteiger partial charge on any atom is 0.182 e. The molecule has 186 valence electrons. The lowest BCUT2D eigenvalue weighted by Crippen LogP contribution is -2.27. The number of hydrogen-bond donors (Lipinski definition) is 1. The quantitative estimate of drug-likeness (QED) is 0.435. The van der Waals surface area contributed by atoms with Gasteiger partial charge in [0.25, 0.3) is 0 Å². The molecule has 1 atom stereocenters. The number of rotatable bonds is 5. The van der Waals surface area contributed by atoms with Gasteiger partial charge in [0, 0.05) is 41.1 Å². The van der Waals surface area contributed by atoms with Crippen LogP contribution in [0, 0.1) is 5.92 Å². The summed E-state index contributed by atoms with van der Waals surface area (Å²) in [5.41, 5.74) is 12.1. The van der Waals surface area contributed by atoms with E-state index in [0.717, 1.165) is 63.0 Å². The van der Waals surface area contributed by atoms with Crippen molar-refractivity contribution in [3.63, 3.8) is 0 Å². The minimum Gasteiger partial charge on any atom is -0.497 e. The van der Waals surface area contributed by atoms with E-state index < -0.39 is 0 Å². The molecule has 0 saturated carbocycles. The second kappa shape index (κ2) is 10.1. The number of nitrogens with zero attached hydrogens (tertiary/aromatic N) is 4. The van der Waals surface area contributed by atoms with Gasteiger partial charge in [0.1, 0.15) is 34.3 Å².